The molecule has 5 nitrogen and oxygen atoms in total. The third kappa shape index (κ3) is 5.05. The number of aryl methyl sites for hydroxylation is 1. The molecule has 1 aromatic heterocycles. The van der Waals surface area contributed by atoms with Crippen molar-refractivity contribution in [2.45, 2.75) is 50.1 Å². The van der Waals surface area contributed by atoms with E-state index in [0.29, 0.717) is 17.3 Å². The lowest BCUT2D eigenvalue weighted by Gasteiger charge is -2.25. The zero-order valence-electron chi connectivity index (χ0n) is 11.8. The van der Waals surface area contributed by atoms with Crippen LogP contribution in [0.3, 0.4) is 0 Å². The van der Waals surface area contributed by atoms with Gasteiger partial charge in [0, 0.05) is 17.0 Å². The summed E-state index contributed by atoms with van der Waals surface area (Å²) in [5, 5.41) is 13.2. The molecule has 6 heteroatoms. The van der Waals surface area contributed by atoms with Gasteiger partial charge < -0.3 is 4.98 Å². The van der Waals surface area contributed by atoms with Gasteiger partial charge in [-0.3, -0.25) is 10.1 Å². The quantitative estimate of drug-likeness (QED) is 0.614. The van der Waals surface area contributed by atoms with E-state index in [1.165, 1.54) is 17.8 Å². The van der Waals surface area contributed by atoms with Gasteiger partial charge in [-0.25, -0.2) is 4.98 Å². The minimum Gasteiger partial charge on any atom is -0.301 e. The van der Waals surface area contributed by atoms with Gasteiger partial charge in [0.2, 0.25) is 0 Å². The summed E-state index contributed by atoms with van der Waals surface area (Å²) in [6.45, 7) is 8.44. The van der Waals surface area contributed by atoms with E-state index in [9.17, 15) is 10.1 Å². The second kappa shape index (κ2) is 6.73. The van der Waals surface area contributed by atoms with E-state index in [1.54, 1.807) is 6.92 Å². The molecule has 2 atom stereocenters. The van der Waals surface area contributed by atoms with E-state index >= 15 is 0 Å². The highest BCUT2D eigenvalue weighted by atomic mass is 32.2. The molecular formula is C13H20N4OS. The van der Waals surface area contributed by atoms with Gasteiger partial charge >= 0.3 is 0 Å². The molecule has 19 heavy (non-hydrogen) atoms. The van der Waals surface area contributed by atoms with Crippen LogP contribution in [-0.2, 0) is 0 Å². The SMILES string of the molecule is CCNC(C)(C#N)CC(C)Sc1nc(C)cc(=O)[nH]1. The number of rotatable bonds is 6. The number of nitriles is 1. The first-order valence-corrected chi connectivity index (χ1v) is 7.17. The Kier molecular flexibility index (Phi) is 5.58. The van der Waals surface area contributed by atoms with Crippen LogP contribution < -0.4 is 10.9 Å². The maximum Gasteiger partial charge on any atom is 0.251 e. The first kappa shape index (κ1) is 15.7. The van der Waals surface area contributed by atoms with E-state index in [-0.39, 0.29) is 10.8 Å². The van der Waals surface area contributed by atoms with Crippen LogP contribution in [0.2, 0.25) is 0 Å². The molecule has 0 saturated carbocycles. The van der Waals surface area contributed by atoms with Crippen LogP contribution in [0.5, 0.6) is 0 Å². The first-order chi connectivity index (χ1) is 8.88. The number of hydrogen-bond acceptors (Lipinski definition) is 5. The molecule has 0 radical (unpaired) electrons. The van der Waals surface area contributed by atoms with Crippen molar-refractivity contribution in [2.24, 2.45) is 0 Å². The molecule has 1 rings (SSSR count). The van der Waals surface area contributed by atoms with Crippen molar-refractivity contribution in [2.75, 3.05) is 6.54 Å². The molecule has 2 N–H and O–H groups in total. The molecule has 0 saturated heterocycles. The fraction of sp³-hybridized carbons (Fsp3) is 0.615. The summed E-state index contributed by atoms with van der Waals surface area (Å²) in [5.74, 6) is 0. The minimum absolute atomic E-state index is 0.142. The lowest BCUT2D eigenvalue weighted by atomic mass is 9.98. The normalized spacial score (nSPS) is 15.5. The lowest BCUT2D eigenvalue weighted by Crippen LogP contribution is -2.42. The van der Waals surface area contributed by atoms with Gasteiger partial charge in [0.25, 0.3) is 5.56 Å². The second-order valence-corrected chi connectivity index (χ2v) is 6.23. The molecule has 0 aliphatic carbocycles. The molecule has 0 aliphatic heterocycles. The Balaban J connectivity index is 2.72. The molecule has 1 aromatic rings. The third-order valence-electron chi connectivity index (χ3n) is 2.67. The van der Waals surface area contributed by atoms with E-state index in [4.69, 9.17) is 0 Å². The molecule has 104 valence electrons. The summed E-state index contributed by atoms with van der Waals surface area (Å²) in [5.41, 5.74) is 0.00997. The Morgan fingerprint density at radius 2 is 2.37 bits per heavy atom. The molecule has 0 aliphatic rings. The van der Waals surface area contributed by atoms with Gasteiger partial charge in [0.1, 0.15) is 5.54 Å². The average Bonchev–Trinajstić information content (AvgIpc) is 2.27. The third-order valence-corrected chi connectivity index (χ3v) is 3.66. The fourth-order valence-electron chi connectivity index (χ4n) is 1.96. The molecule has 0 fully saturated rings. The molecule has 2 unspecified atom stereocenters. The Morgan fingerprint density at radius 1 is 1.68 bits per heavy atom. The van der Waals surface area contributed by atoms with Crippen molar-refractivity contribution >= 4 is 11.8 Å². The number of H-pyrrole nitrogens is 1. The minimum atomic E-state index is -0.550. The standard InChI is InChI=1S/C13H20N4OS/c1-5-15-13(4,8-14)7-10(3)19-12-16-9(2)6-11(18)17-12/h6,10,15H,5,7H2,1-4H3,(H,16,17,18). The predicted octanol–water partition coefficient (Wildman–Crippen LogP) is 1.84. The Bertz CT molecular complexity index is 522. The van der Waals surface area contributed by atoms with Gasteiger partial charge in [-0.05, 0) is 26.8 Å². The Hall–Kier alpha value is -1.32. The maximum atomic E-state index is 11.4. The lowest BCUT2D eigenvalue weighted by molar-refractivity contribution is 0.429. The average molecular weight is 280 g/mol. The summed E-state index contributed by atoms with van der Waals surface area (Å²) in [6.07, 6.45) is 0.680. The predicted molar refractivity (Wildman–Crippen MR) is 77.2 cm³/mol. The second-order valence-electron chi connectivity index (χ2n) is 4.80. The fourth-order valence-corrected chi connectivity index (χ4v) is 3.12. The van der Waals surface area contributed by atoms with Crippen LogP contribution >= 0.6 is 11.8 Å². The highest BCUT2D eigenvalue weighted by Gasteiger charge is 2.25. The first-order valence-electron chi connectivity index (χ1n) is 6.29. The van der Waals surface area contributed by atoms with Gasteiger partial charge in [0.05, 0.1) is 6.07 Å². The Morgan fingerprint density at radius 3 is 2.89 bits per heavy atom. The molecule has 0 amide bonds. The highest BCUT2D eigenvalue weighted by molar-refractivity contribution is 7.99. The molecule has 0 aromatic carbocycles. The Labute approximate surface area is 117 Å². The van der Waals surface area contributed by atoms with Crippen LogP contribution in [0.4, 0.5) is 0 Å². The zero-order valence-corrected chi connectivity index (χ0v) is 12.6. The summed E-state index contributed by atoms with van der Waals surface area (Å²) in [4.78, 5) is 18.4. The van der Waals surface area contributed by atoms with Crippen molar-refractivity contribution in [3.8, 4) is 6.07 Å². The number of thioether (sulfide) groups is 1. The number of aromatic amines is 1. The summed E-state index contributed by atoms with van der Waals surface area (Å²) in [6, 6.07) is 3.77. The largest absolute Gasteiger partial charge is 0.301 e. The molecule has 1 heterocycles. The van der Waals surface area contributed by atoms with Gasteiger partial charge in [-0.15, -0.1) is 0 Å². The molecule has 0 spiro atoms. The monoisotopic (exact) mass is 280 g/mol. The van der Waals surface area contributed by atoms with Crippen molar-refractivity contribution in [1.82, 2.24) is 15.3 Å². The summed E-state index contributed by atoms with van der Waals surface area (Å²) in [7, 11) is 0. The molecular weight excluding hydrogens is 260 g/mol. The van der Waals surface area contributed by atoms with E-state index in [1.807, 2.05) is 20.8 Å². The molecule has 0 bridgehead atoms. The van der Waals surface area contributed by atoms with E-state index in [0.717, 1.165) is 6.54 Å². The maximum absolute atomic E-state index is 11.4. The van der Waals surface area contributed by atoms with Crippen molar-refractivity contribution in [3.63, 3.8) is 0 Å². The van der Waals surface area contributed by atoms with Crippen molar-refractivity contribution in [1.29, 1.82) is 5.26 Å². The number of hydrogen-bond donors (Lipinski definition) is 2. The van der Waals surface area contributed by atoms with Crippen LogP contribution in [0, 0.1) is 18.3 Å². The smallest absolute Gasteiger partial charge is 0.251 e. The summed E-state index contributed by atoms with van der Waals surface area (Å²) >= 11 is 1.48. The van der Waals surface area contributed by atoms with E-state index < -0.39 is 5.54 Å². The number of nitrogens with one attached hydrogen (secondary N) is 2. The van der Waals surface area contributed by atoms with Gasteiger partial charge in [0.15, 0.2) is 5.16 Å². The van der Waals surface area contributed by atoms with Gasteiger partial charge in [-0.1, -0.05) is 25.6 Å². The number of nitrogens with zero attached hydrogens (tertiary/aromatic N) is 2. The van der Waals surface area contributed by atoms with Crippen LogP contribution in [0.15, 0.2) is 16.0 Å². The van der Waals surface area contributed by atoms with Crippen LogP contribution in [-0.4, -0.2) is 27.3 Å². The van der Waals surface area contributed by atoms with Gasteiger partial charge in [-0.2, -0.15) is 5.26 Å². The van der Waals surface area contributed by atoms with Crippen LogP contribution in [0.1, 0.15) is 32.9 Å². The highest BCUT2D eigenvalue weighted by Crippen LogP contribution is 2.25. The topological polar surface area (TPSA) is 81.6 Å². The zero-order chi connectivity index (χ0) is 14.5. The van der Waals surface area contributed by atoms with Crippen LogP contribution in [0.25, 0.3) is 0 Å². The van der Waals surface area contributed by atoms with Crippen molar-refractivity contribution in [3.05, 3.63) is 22.1 Å². The summed E-state index contributed by atoms with van der Waals surface area (Å²) < 4.78 is 0. The number of aromatic nitrogens is 2. The van der Waals surface area contributed by atoms with E-state index in [2.05, 4.69) is 21.4 Å². The van der Waals surface area contributed by atoms with Crippen molar-refractivity contribution < 1.29 is 0 Å².